The minimum Gasteiger partial charge on any atom is -0.399 e. The quantitative estimate of drug-likeness (QED) is 0.700. The van der Waals surface area contributed by atoms with E-state index in [1.807, 2.05) is 19.1 Å². The van der Waals surface area contributed by atoms with Crippen molar-refractivity contribution < 1.29 is 4.79 Å². The first-order valence-corrected chi connectivity index (χ1v) is 4.84. The van der Waals surface area contributed by atoms with Gasteiger partial charge in [0.15, 0.2) is 0 Å². The number of carbonyl (C=O) groups is 1. The van der Waals surface area contributed by atoms with Crippen molar-refractivity contribution in [3.05, 3.63) is 23.8 Å². The number of benzene rings is 1. The van der Waals surface area contributed by atoms with E-state index in [1.54, 1.807) is 6.07 Å². The van der Waals surface area contributed by atoms with Crippen molar-refractivity contribution in [3.63, 3.8) is 0 Å². The maximum absolute atomic E-state index is 11.5. The van der Waals surface area contributed by atoms with Gasteiger partial charge in [0.25, 0.3) is 0 Å². The van der Waals surface area contributed by atoms with E-state index >= 15 is 0 Å². The molecular formula is C11H14N2O. The first-order chi connectivity index (χ1) is 6.66. The summed E-state index contributed by atoms with van der Waals surface area (Å²) in [6.07, 6.45) is 2.04. The van der Waals surface area contributed by atoms with Crippen molar-refractivity contribution in [2.75, 3.05) is 11.1 Å². The third-order valence-corrected chi connectivity index (χ3v) is 2.47. The van der Waals surface area contributed by atoms with Gasteiger partial charge in [-0.1, -0.05) is 6.07 Å². The predicted octanol–water partition coefficient (Wildman–Crippen LogP) is 1.93. The van der Waals surface area contributed by atoms with Crippen LogP contribution in [0, 0.1) is 12.8 Å². The third-order valence-electron chi connectivity index (χ3n) is 2.47. The van der Waals surface area contributed by atoms with Crippen LogP contribution in [0.3, 0.4) is 0 Å². The van der Waals surface area contributed by atoms with Crippen LogP contribution in [0.15, 0.2) is 18.2 Å². The van der Waals surface area contributed by atoms with Crippen molar-refractivity contribution in [2.24, 2.45) is 5.92 Å². The van der Waals surface area contributed by atoms with Crippen LogP contribution in [0.2, 0.25) is 0 Å². The predicted molar refractivity (Wildman–Crippen MR) is 56.9 cm³/mol. The van der Waals surface area contributed by atoms with E-state index in [0.717, 1.165) is 24.1 Å². The second kappa shape index (κ2) is 3.33. The van der Waals surface area contributed by atoms with Crippen molar-refractivity contribution >= 4 is 17.3 Å². The molecule has 0 aliphatic heterocycles. The molecule has 0 atom stereocenters. The number of carbonyl (C=O) groups excluding carboxylic acids is 1. The van der Waals surface area contributed by atoms with Crippen LogP contribution in [0.1, 0.15) is 18.4 Å². The number of nitrogen functional groups attached to an aromatic ring is 1. The first kappa shape index (κ1) is 9.06. The molecule has 0 bridgehead atoms. The Morgan fingerprint density at radius 2 is 2.21 bits per heavy atom. The van der Waals surface area contributed by atoms with Gasteiger partial charge in [0.05, 0.1) is 0 Å². The van der Waals surface area contributed by atoms with Gasteiger partial charge in [-0.25, -0.2) is 0 Å². The highest BCUT2D eigenvalue weighted by atomic mass is 16.2. The van der Waals surface area contributed by atoms with Crippen LogP contribution < -0.4 is 11.1 Å². The number of anilines is 2. The Morgan fingerprint density at radius 1 is 1.50 bits per heavy atom. The lowest BCUT2D eigenvalue weighted by Gasteiger charge is -2.08. The van der Waals surface area contributed by atoms with Crippen LogP contribution in [0.25, 0.3) is 0 Å². The number of amides is 1. The number of hydrogen-bond acceptors (Lipinski definition) is 2. The van der Waals surface area contributed by atoms with Gasteiger partial charge in [0.1, 0.15) is 0 Å². The fourth-order valence-corrected chi connectivity index (χ4v) is 1.35. The van der Waals surface area contributed by atoms with Crippen LogP contribution in [-0.2, 0) is 4.79 Å². The average Bonchev–Trinajstić information content (AvgIpc) is 2.94. The molecule has 0 radical (unpaired) electrons. The van der Waals surface area contributed by atoms with Crippen LogP contribution in [0.4, 0.5) is 11.4 Å². The molecule has 1 aliphatic rings. The lowest BCUT2D eigenvalue weighted by molar-refractivity contribution is -0.117. The van der Waals surface area contributed by atoms with Crippen LogP contribution >= 0.6 is 0 Å². The maximum Gasteiger partial charge on any atom is 0.227 e. The first-order valence-electron chi connectivity index (χ1n) is 4.84. The number of hydrogen-bond donors (Lipinski definition) is 2. The normalized spacial score (nSPS) is 15.2. The lowest BCUT2D eigenvalue weighted by atomic mass is 10.2. The Hall–Kier alpha value is -1.51. The molecule has 1 aliphatic carbocycles. The van der Waals surface area contributed by atoms with Gasteiger partial charge in [0, 0.05) is 17.3 Å². The molecule has 0 aromatic heterocycles. The van der Waals surface area contributed by atoms with Crippen molar-refractivity contribution in [3.8, 4) is 0 Å². The molecule has 0 saturated heterocycles. The molecule has 0 heterocycles. The van der Waals surface area contributed by atoms with Gasteiger partial charge in [0.2, 0.25) is 5.91 Å². The number of nitrogens with two attached hydrogens (primary N) is 1. The Kier molecular flexibility index (Phi) is 2.15. The van der Waals surface area contributed by atoms with Gasteiger partial charge in [-0.05, 0) is 37.5 Å². The summed E-state index contributed by atoms with van der Waals surface area (Å²) in [5.74, 6) is 0.356. The summed E-state index contributed by atoms with van der Waals surface area (Å²) in [4.78, 5) is 11.5. The Morgan fingerprint density at radius 3 is 2.86 bits per heavy atom. The largest absolute Gasteiger partial charge is 0.399 e. The molecule has 1 fully saturated rings. The molecule has 3 N–H and O–H groups in total. The zero-order valence-electron chi connectivity index (χ0n) is 8.21. The maximum atomic E-state index is 11.5. The Bertz CT molecular complexity index is 370. The monoisotopic (exact) mass is 190 g/mol. The smallest absolute Gasteiger partial charge is 0.227 e. The fourth-order valence-electron chi connectivity index (χ4n) is 1.35. The van der Waals surface area contributed by atoms with Crippen molar-refractivity contribution in [1.29, 1.82) is 0 Å². The molecule has 74 valence electrons. The zero-order chi connectivity index (χ0) is 10.1. The van der Waals surface area contributed by atoms with E-state index in [0.29, 0.717) is 5.69 Å². The topological polar surface area (TPSA) is 55.1 Å². The highest BCUT2D eigenvalue weighted by Crippen LogP contribution is 2.30. The number of rotatable bonds is 2. The SMILES string of the molecule is Cc1ccc(N)cc1NC(=O)C1CC1. The van der Waals surface area contributed by atoms with Crippen molar-refractivity contribution in [2.45, 2.75) is 19.8 Å². The van der Waals surface area contributed by atoms with E-state index in [1.165, 1.54) is 0 Å². The van der Waals surface area contributed by atoms with Gasteiger partial charge in [-0.15, -0.1) is 0 Å². The van der Waals surface area contributed by atoms with Gasteiger partial charge in [-0.3, -0.25) is 4.79 Å². The molecule has 1 aromatic rings. The minimum atomic E-state index is 0.124. The van der Waals surface area contributed by atoms with Crippen LogP contribution in [0.5, 0.6) is 0 Å². The van der Waals surface area contributed by atoms with Gasteiger partial charge < -0.3 is 11.1 Å². The highest BCUT2D eigenvalue weighted by Gasteiger charge is 2.29. The fraction of sp³-hybridized carbons (Fsp3) is 0.364. The average molecular weight is 190 g/mol. The molecule has 3 heteroatoms. The summed E-state index contributed by atoms with van der Waals surface area (Å²) in [7, 11) is 0. The van der Waals surface area contributed by atoms with E-state index in [-0.39, 0.29) is 11.8 Å². The van der Waals surface area contributed by atoms with E-state index in [9.17, 15) is 4.79 Å². The molecule has 0 unspecified atom stereocenters. The minimum absolute atomic E-state index is 0.124. The van der Waals surface area contributed by atoms with Crippen molar-refractivity contribution in [1.82, 2.24) is 0 Å². The molecule has 2 rings (SSSR count). The molecule has 14 heavy (non-hydrogen) atoms. The number of aryl methyl sites for hydroxylation is 1. The molecule has 1 aromatic carbocycles. The van der Waals surface area contributed by atoms with E-state index in [4.69, 9.17) is 5.73 Å². The number of nitrogens with one attached hydrogen (secondary N) is 1. The second-order valence-electron chi connectivity index (χ2n) is 3.84. The summed E-state index contributed by atoms with van der Waals surface area (Å²) in [6.45, 7) is 1.96. The second-order valence-corrected chi connectivity index (χ2v) is 3.84. The molecular weight excluding hydrogens is 176 g/mol. The summed E-state index contributed by atoms with van der Waals surface area (Å²) < 4.78 is 0. The Balaban J connectivity index is 2.14. The van der Waals surface area contributed by atoms with Gasteiger partial charge in [-0.2, -0.15) is 0 Å². The molecule has 0 spiro atoms. The molecule has 1 amide bonds. The van der Waals surface area contributed by atoms with E-state index < -0.39 is 0 Å². The molecule has 3 nitrogen and oxygen atoms in total. The summed E-state index contributed by atoms with van der Waals surface area (Å²) >= 11 is 0. The highest BCUT2D eigenvalue weighted by molar-refractivity contribution is 5.95. The lowest BCUT2D eigenvalue weighted by Crippen LogP contribution is -2.14. The Labute approximate surface area is 83.3 Å². The summed E-state index contributed by atoms with van der Waals surface area (Å²) in [5, 5.41) is 2.89. The molecule has 1 saturated carbocycles. The summed E-state index contributed by atoms with van der Waals surface area (Å²) in [6, 6.07) is 5.55. The zero-order valence-corrected chi connectivity index (χ0v) is 8.21. The summed E-state index contributed by atoms with van der Waals surface area (Å²) in [5.41, 5.74) is 8.21. The standard InChI is InChI=1S/C11H14N2O/c1-7-2-5-9(12)6-10(7)13-11(14)8-3-4-8/h2,5-6,8H,3-4,12H2,1H3,(H,13,14). The third kappa shape index (κ3) is 1.87. The van der Waals surface area contributed by atoms with Crippen LogP contribution in [-0.4, -0.2) is 5.91 Å². The van der Waals surface area contributed by atoms with Gasteiger partial charge >= 0.3 is 0 Å². The van der Waals surface area contributed by atoms with E-state index in [2.05, 4.69) is 5.32 Å².